The predicted octanol–water partition coefficient (Wildman–Crippen LogP) is 3.09. The third-order valence-electron chi connectivity index (χ3n) is 4.43. The van der Waals surface area contributed by atoms with E-state index in [4.69, 9.17) is 11.6 Å². The van der Waals surface area contributed by atoms with Gasteiger partial charge in [0.15, 0.2) is 0 Å². The fourth-order valence-electron chi connectivity index (χ4n) is 3.05. The molecule has 2 heterocycles. The summed E-state index contributed by atoms with van der Waals surface area (Å²) in [4.78, 5) is 19.9. The van der Waals surface area contributed by atoms with E-state index < -0.39 is 21.8 Å². The van der Waals surface area contributed by atoms with Crippen LogP contribution in [-0.4, -0.2) is 56.6 Å². The van der Waals surface area contributed by atoms with Gasteiger partial charge in [0.1, 0.15) is 5.82 Å². The van der Waals surface area contributed by atoms with Crippen LogP contribution in [0.15, 0.2) is 36.5 Å². The molecule has 1 N–H and O–H groups in total. The molecule has 0 aliphatic carbocycles. The van der Waals surface area contributed by atoms with Crippen LogP contribution in [0, 0.1) is 0 Å². The van der Waals surface area contributed by atoms with Crippen molar-refractivity contribution in [3.8, 4) is 0 Å². The van der Waals surface area contributed by atoms with Gasteiger partial charge in [0, 0.05) is 43.6 Å². The Balaban J connectivity index is 1.67. The number of piperazine rings is 1. The molecule has 0 atom stereocenters. The average molecular weight is 463 g/mol. The molecule has 12 heteroatoms. The first kappa shape index (κ1) is 22.2. The number of carbonyl (C=O) groups excluding carboxylic acids is 1. The minimum atomic E-state index is -4.53. The normalized spacial score (nSPS) is 15.2. The minimum Gasteiger partial charge on any atom is -0.352 e. The smallest absolute Gasteiger partial charge is 0.352 e. The quantitative estimate of drug-likeness (QED) is 0.755. The Kier molecular flexibility index (Phi) is 6.14. The van der Waals surface area contributed by atoms with E-state index in [0.29, 0.717) is 31.7 Å². The minimum absolute atomic E-state index is 0.107. The zero-order valence-electron chi connectivity index (χ0n) is 15.8. The number of nitrogens with one attached hydrogen (secondary N) is 1. The zero-order valence-corrected chi connectivity index (χ0v) is 17.4. The topological polar surface area (TPSA) is 82.6 Å². The molecule has 1 aliphatic heterocycles. The molecule has 1 aliphatic rings. The van der Waals surface area contributed by atoms with Crippen LogP contribution in [0.1, 0.15) is 15.9 Å². The van der Waals surface area contributed by atoms with Crippen molar-refractivity contribution in [1.29, 1.82) is 0 Å². The molecule has 3 rings (SSSR count). The molecule has 1 aromatic heterocycles. The number of aromatic nitrogens is 1. The van der Waals surface area contributed by atoms with Crippen LogP contribution in [0.3, 0.4) is 0 Å². The summed E-state index contributed by atoms with van der Waals surface area (Å²) >= 11 is 5.99. The number of rotatable bonds is 4. The predicted molar refractivity (Wildman–Crippen MR) is 107 cm³/mol. The van der Waals surface area contributed by atoms with Crippen LogP contribution in [0.25, 0.3) is 0 Å². The highest BCUT2D eigenvalue weighted by molar-refractivity contribution is 7.92. The van der Waals surface area contributed by atoms with Gasteiger partial charge in [-0.25, -0.2) is 13.4 Å². The average Bonchev–Trinajstić information content (AvgIpc) is 2.66. The molecule has 2 aromatic rings. The summed E-state index contributed by atoms with van der Waals surface area (Å²) in [5.74, 6) is -0.0469. The second-order valence-corrected chi connectivity index (χ2v) is 8.92. The van der Waals surface area contributed by atoms with Gasteiger partial charge in [-0.1, -0.05) is 17.7 Å². The van der Waals surface area contributed by atoms with Gasteiger partial charge in [-0.05, 0) is 24.3 Å². The molecule has 7 nitrogen and oxygen atoms in total. The maximum absolute atomic E-state index is 12.8. The van der Waals surface area contributed by atoms with Crippen molar-refractivity contribution in [2.24, 2.45) is 0 Å². The summed E-state index contributed by atoms with van der Waals surface area (Å²) in [5.41, 5.74) is -0.321. The molecular formula is C18H18ClF3N4O3S. The van der Waals surface area contributed by atoms with Gasteiger partial charge < -0.3 is 9.80 Å². The number of hydrogen-bond donors (Lipinski definition) is 1. The van der Waals surface area contributed by atoms with Gasteiger partial charge in [-0.15, -0.1) is 0 Å². The van der Waals surface area contributed by atoms with Crippen molar-refractivity contribution < 1.29 is 26.4 Å². The summed E-state index contributed by atoms with van der Waals surface area (Å²) < 4.78 is 63.4. The van der Waals surface area contributed by atoms with Gasteiger partial charge in [0.25, 0.3) is 5.91 Å². The van der Waals surface area contributed by atoms with Crippen LogP contribution < -0.4 is 9.62 Å². The lowest BCUT2D eigenvalue weighted by Crippen LogP contribution is -2.49. The number of carbonyl (C=O) groups is 1. The van der Waals surface area contributed by atoms with E-state index in [1.54, 1.807) is 21.9 Å². The van der Waals surface area contributed by atoms with Crippen LogP contribution in [0.2, 0.25) is 5.02 Å². The van der Waals surface area contributed by atoms with Crippen molar-refractivity contribution >= 4 is 39.0 Å². The lowest BCUT2D eigenvalue weighted by Gasteiger charge is -2.36. The Morgan fingerprint density at radius 3 is 2.40 bits per heavy atom. The van der Waals surface area contributed by atoms with Crippen molar-refractivity contribution in [2.45, 2.75) is 6.18 Å². The van der Waals surface area contributed by atoms with E-state index in [-0.39, 0.29) is 22.4 Å². The maximum atomic E-state index is 12.8. The Labute approximate surface area is 176 Å². The number of sulfonamides is 1. The molecule has 162 valence electrons. The fourth-order valence-corrected chi connectivity index (χ4v) is 3.89. The molecule has 1 amide bonds. The van der Waals surface area contributed by atoms with E-state index in [1.807, 2.05) is 0 Å². The van der Waals surface area contributed by atoms with Crippen LogP contribution >= 0.6 is 11.6 Å². The Morgan fingerprint density at radius 2 is 1.83 bits per heavy atom. The number of amides is 1. The van der Waals surface area contributed by atoms with Gasteiger partial charge >= 0.3 is 6.18 Å². The number of pyridine rings is 1. The summed E-state index contributed by atoms with van der Waals surface area (Å²) in [7, 11) is -3.47. The Bertz CT molecular complexity index is 1050. The summed E-state index contributed by atoms with van der Waals surface area (Å²) in [6, 6.07) is 6.97. The molecule has 0 unspecified atom stereocenters. The number of benzene rings is 1. The highest BCUT2D eigenvalue weighted by Crippen LogP contribution is 2.33. The van der Waals surface area contributed by atoms with Crippen molar-refractivity contribution in [3.05, 3.63) is 52.7 Å². The van der Waals surface area contributed by atoms with E-state index >= 15 is 0 Å². The van der Waals surface area contributed by atoms with Gasteiger partial charge in [-0.2, -0.15) is 13.2 Å². The number of nitrogens with zero attached hydrogens (tertiary/aromatic N) is 3. The molecule has 0 saturated carbocycles. The highest BCUT2D eigenvalue weighted by Gasteiger charge is 2.32. The lowest BCUT2D eigenvalue weighted by molar-refractivity contribution is -0.137. The fraction of sp³-hybridized carbons (Fsp3) is 0.333. The SMILES string of the molecule is CS(=O)(=O)Nc1cccc(C(=O)N2CCN(c3ncc(C(F)(F)F)cc3Cl)CC2)c1. The monoisotopic (exact) mass is 462 g/mol. The first-order chi connectivity index (χ1) is 13.9. The van der Waals surface area contributed by atoms with Crippen molar-refractivity contribution in [3.63, 3.8) is 0 Å². The summed E-state index contributed by atoms with van der Waals surface area (Å²) in [6.45, 7) is 1.29. The Hall–Kier alpha value is -2.53. The van der Waals surface area contributed by atoms with Crippen molar-refractivity contribution in [2.75, 3.05) is 42.1 Å². The van der Waals surface area contributed by atoms with Crippen LogP contribution in [0.5, 0.6) is 0 Å². The van der Waals surface area contributed by atoms with Crippen LogP contribution in [0.4, 0.5) is 24.7 Å². The van der Waals surface area contributed by atoms with E-state index in [2.05, 4.69) is 9.71 Å². The van der Waals surface area contributed by atoms with Gasteiger partial charge in [0.2, 0.25) is 10.0 Å². The second kappa shape index (κ2) is 8.31. The summed E-state index contributed by atoms with van der Waals surface area (Å²) in [6.07, 6.45) is -2.78. The number of anilines is 2. The molecule has 30 heavy (non-hydrogen) atoms. The highest BCUT2D eigenvalue weighted by atomic mass is 35.5. The number of halogens is 4. The first-order valence-electron chi connectivity index (χ1n) is 8.79. The molecule has 1 aromatic carbocycles. The second-order valence-electron chi connectivity index (χ2n) is 6.76. The standard InChI is InChI=1S/C18H18ClF3N4O3S/c1-30(28,29)24-14-4-2-3-12(9-14)17(27)26-7-5-25(6-8-26)16-15(19)10-13(11-23-16)18(20,21)22/h2-4,9-11,24H,5-8H2,1H3. The number of hydrogen-bond acceptors (Lipinski definition) is 5. The maximum Gasteiger partial charge on any atom is 0.417 e. The molecular weight excluding hydrogens is 445 g/mol. The third kappa shape index (κ3) is 5.33. The molecule has 0 radical (unpaired) electrons. The molecule has 1 fully saturated rings. The largest absolute Gasteiger partial charge is 0.417 e. The van der Waals surface area contributed by atoms with Crippen molar-refractivity contribution in [1.82, 2.24) is 9.88 Å². The van der Waals surface area contributed by atoms with Crippen LogP contribution in [-0.2, 0) is 16.2 Å². The van der Waals surface area contributed by atoms with E-state index in [9.17, 15) is 26.4 Å². The van der Waals surface area contributed by atoms with E-state index in [1.165, 1.54) is 12.1 Å². The zero-order chi connectivity index (χ0) is 22.1. The summed E-state index contributed by atoms with van der Waals surface area (Å²) in [5, 5.41) is -0.107. The first-order valence-corrected chi connectivity index (χ1v) is 11.1. The molecule has 0 spiro atoms. The van der Waals surface area contributed by atoms with E-state index in [0.717, 1.165) is 18.5 Å². The van der Waals surface area contributed by atoms with Gasteiger partial charge in [-0.3, -0.25) is 9.52 Å². The lowest BCUT2D eigenvalue weighted by atomic mass is 10.1. The molecule has 0 bridgehead atoms. The third-order valence-corrected chi connectivity index (χ3v) is 5.31. The molecule has 1 saturated heterocycles. The van der Waals surface area contributed by atoms with Gasteiger partial charge in [0.05, 0.1) is 16.8 Å². The number of alkyl halides is 3. The Morgan fingerprint density at radius 1 is 1.17 bits per heavy atom.